The van der Waals surface area contributed by atoms with E-state index in [-0.39, 0.29) is 25.0 Å². The van der Waals surface area contributed by atoms with Crippen LogP contribution in [0.1, 0.15) is 39.2 Å². The van der Waals surface area contributed by atoms with Gasteiger partial charge >= 0.3 is 6.16 Å². The maximum atomic E-state index is 13.0. The van der Waals surface area contributed by atoms with Gasteiger partial charge < -0.3 is 14.4 Å². The number of benzene rings is 1. The Balaban J connectivity index is 2.21. The maximum Gasteiger partial charge on any atom is 0.510 e. The lowest BCUT2D eigenvalue weighted by atomic mass is 9.91. The molecule has 5 nitrogen and oxygen atoms in total. The number of rotatable bonds is 4. The van der Waals surface area contributed by atoms with Crippen molar-refractivity contribution in [1.29, 1.82) is 0 Å². The molecule has 1 amide bonds. The molecule has 1 saturated heterocycles. The van der Waals surface area contributed by atoms with E-state index < -0.39 is 12.4 Å². The molecule has 0 aromatic heterocycles. The molecule has 8 heteroatoms. The van der Waals surface area contributed by atoms with Gasteiger partial charge in [-0.2, -0.15) is 0 Å². The molecule has 0 spiro atoms. The molecular formula is C18H22Cl3NO4. The topological polar surface area (TPSA) is 55.8 Å². The minimum absolute atomic E-state index is 0.00373. The lowest BCUT2D eigenvalue weighted by Crippen LogP contribution is -2.53. The number of nitrogens with zero attached hydrogens (tertiary/aromatic N) is 1. The quantitative estimate of drug-likeness (QED) is 0.615. The van der Waals surface area contributed by atoms with Crippen LogP contribution in [0.4, 0.5) is 4.79 Å². The van der Waals surface area contributed by atoms with Gasteiger partial charge in [-0.1, -0.05) is 41.7 Å². The first kappa shape index (κ1) is 21.1. The summed E-state index contributed by atoms with van der Waals surface area (Å²) >= 11 is 18.3. The SMILES string of the molecule is CCOC(=O)OC1CC(C)CC(C)N1C(=O)Cc1c(Cl)cc(Cl)cc1Cl. The van der Waals surface area contributed by atoms with Gasteiger partial charge in [-0.15, -0.1) is 0 Å². The van der Waals surface area contributed by atoms with Crippen molar-refractivity contribution in [2.45, 2.75) is 52.3 Å². The van der Waals surface area contributed by atoms with Gasteiger partial charge in [0, 0.05) is 27.5 Å². The summed E-state index contributed by atoms with van der Waals surface area (Å²) in [7, 11) is 0. The Hall–Kier alpha value is -1.17. The van der Waals surface area contributed by atoms with Crippen LogP contribution < -0.4 is 0 Å². The Kier molecular flexibility index (Phi) is 7.44. The van der Waals surface area contributed by atoms with Crippen molar-refractivity contribution < 1.29 is 19.1 Å². The van der Waals surface area contributed by atoms with Crippen LogP contribution in [0.5, 0.6) is 0 Å². The summed E-state index contributed by atoms with van der Waals surface area (Å²) in [6.07, 6.45) is -0.0895. The zero-order valence-corrected chi connectivity index (χ0v) is 17.2. The molecule has 0 N–H and O–H groups in total. The van der Waals surface area contributed by atoms with Crippen LogP contribution >= 0.6 is 34.8 Å². The lowest BCUT2D eigenvalue weighted by Gasteiger charge is -2.42. The van der Waals surface area contributed by atoms with Crippen molar-refractivity contribution in [3.8, 4) is 0 Å². The van der Waals surface area contributed by atoms with E-state index in [1.807, 2.05) is 6.92 Å². The standard InChI is InChI=1S/C18H22Cl3NO4/c1-4-25-18(24)26-17-6-10(2)5-11(3)22(17)16(23)9-13-14(20)7-12(19)8-15(13)21/h7-8,10-11,17H,4-6,9H2,1-3H3. The summed E-state index contributed by atoms with van der Waals surface area (Å²) in [6, 6.07) is 3.01. The molecule has 1 heterocycles. The van der Waals surface area contributed by atoms with Crippen LogP contribution in [0.3, 0.4) is 0 Å². The van der Waals surface area contributed by atoms with Gasteiger partial charge in [0.25, 0.3) is 0 Å². The molecule has 3 atom stereocenters. The summed E-state index contributed by atoms with van der Waals surface area (Å²) in [5.41, 5.74) is 0.503. The highest BCUT2D eigenvalue weighted by atomic mass is 35.5. The van der Waals surface area contributed by atoms with Gasteiger partial charge in [0.1, 0.15) is 0 Å². The highest BCUT2D eigenvalue weighted by Crippen LogP contribution is 2.33. The van der Waals surface area contributed by atoms with E-state index >= 15 is 0 Å². The Morgan fingerprint density at radius 2 is 1.77 bits per heavy atom. The Bertz CT molecular complexity index is 659. The van der Waals surface area contributed by atoms with Gasteiger partial charge in [0.2, 0.25) is 5.91 Å². The largest absolute Gasteiger partial charge is 0.510 e. The van der Waals surface area contributed by atoms with Crippen LogP contribution in [-0.2, 0) is 20.7 Å². The van der Waals surface area contributed by atoms with E-state index in [9.17, 15) is 9.59 Å². The van der Waals surface area contributed by atoms with Crippen molar-refractivity contribution in [1.82, 2.24) is 4.90 Å². The first-order chi connectivity index (χ1) is 12.2. The second-order valence-corrected chi connectivity index (χ2v) is 7.76. The summed E-state index contributed by atoms with van der Waals surface area (Å²) in [4.78, 5) is 26.3. The predicted molar refractivity (Wildman–Crippen MR) is 102 cm³/mol. The maximum absolute atomic E-state index is 13.0. The van der Waals surface area contributed by atoms with E-state index in [0.717, 1.165) is 6.42 Å². The average Bonchev–Trinajstić information content (AvgIpc) is 2.50. The molecule has 3 unspecified atom stereocenters. The van der Waals surface area contributed by atoms with Gasteiger partial charge in [-0.3, -0.25) is 4.79 Å². The Morgan fingerprint density at radius 3 is 2.35 bits per heavy atom. The van der Waals surface area contributed by atoms with Crippen LogP contribution in [0.25, 0.3) is 0 Å². The van der Waals surface area contributed by atoms with Crippen LogP contribution in [-0.4, -0.2) is 35.8 Å². The van der Waals surface area contributed by atoms with Crippen molar-refractivity contribution in [2.75, 3.05) is 6.61 Å². The predicted octanol–water partition coefficient (Wildman–Crippen LogP) is 5.34. The van der Waals surface area contributed by atoms with Crippen molar-refractivity contribution in [2.24, 2.45) is 5.92 Å². The average molecular weight is 423 g/mol. The fourth-order valence-electron chi connectivity index (χ4n) is 3.29. The second kappa shape index (κ2) is 9.16. The first-order valence-corrected chi connectivity index (χ1v) is 9.64. The number of ether oxygens (including phenoxy) is 2. The molecule has 0 bridgehead atoms. The van der Waals surface area contributed by atoms with Gasteiger partial charge in [-0.25, -0.2) is 4.79 Å². The van der Waals surface area contributed by atoms with E-state index in [0.29, 0.717) is 33.0 Å². The molecule has 26 heavy (non-hydrogen) atoms. The molecule has 1 aromatic rings. The fourth-order valence-corrected chi connectivity index (χ4v) is 4.24. The van der Waals surface area contributed by atoms with Crippen LogP contribution in [0.15, 0.2) is 12.1 Å². The van der Waals surface area contributed by atoms with Crippen LogP contribution in [0.2, 0.25) is 15.1 Å². The number of carbonyl (C=O) groups excluding carboxylic acids is 2. The number of piperidine rings is 1. The molecule has 0 radical (unpaired) electrons. The van der Waals surface area contributed by atoms with E-state index in [1.54, 1.807) is 24.0 Å². The molecule has 144 valence electrons. The van der Waals surface area contributed by atoms with Gasteiger partial charge in [0.05, 0.1) is 13.0 Å². The van der Waals surface area contributed by atoms with Gasteiger partial charge in [0.15, 0.2) is 6.23 Å². The zero-order chi connectivity index (χ0) is 19.4. The summed E-state index contributed by atoms with van der Waals surface area (Å²) < 4.78 is 10.2. The molecule has 1 fully saturated rings. The molecule has 1 aliphatic rings. The second-order valence-electron chi connectivity index (χ2n) is 6.51. The molecule has 1 aliphatic heterocycles. The number of carbonyl (C=O) groups is 2. The molecule has 0 aliphatic carbocycles. The summed E-state index contributed by atoms with van der Waals surface area (Å²) in [5, 5.41) is 1.06. The summed E-state index contributed by atoms with van der Waals surface area (Å²) in [5.74, 6) is 0.0982. The molecule has 0 saturated carbocycles. The first-order valence-electron chi connectivity index (χ1n) is 8.50. The Morgan fingerprint density at radius 1 is 1.15 bits per heavy atom. The highest BCUT2D eigenvalue weighted by Gasteiger charge is 2.37. The van der Waals surface area contributed by atoms with Crippen molar-refractivity contribution >= 4 is 46.9 Å². The third-order valence-corrected chi connectivity index (χ3v) is 5.24. The fraction of sp³-hybridized carbons (Fsp3) is 0.556. The molecule has 1 aromatic carbocycles. The lowest BCUT2D eigenvalue weighted by molar-refractivity contribution is -0.153. The van der Waals surface area contributed by atoms with Crippen molar-refractivity contribution in [3.63, 3.8) is 0 Å². The monoisotopic (exact) mass is 421 g/mol. The third-order valence-electron chi connectivity index (χ3n) is 4.35. The van der Waals surface area contributed by atoms with E-state index in [4.69, 9.17) is 44.3 Å². The third kappa shape index (κ3) is 5.18. The normalized spacial score (nSPS) is 22.8. The number of hydrogen-bond donors (Lipinski definition) is 0. The number of amides is 1. The minimum Gasteiger partial charge on any atom is -0.435 e. The minimum atomic E-state index is -0.779. The molecular weight excluding hydrogens is 401 g/mol. The summed E-state index contributed by atoms with van der Waals surface area (Å²) in [6.45, 7) is 5.90. The highest BCUT2D eigenvalue weighted by molar-refractivity contribution is 6.39. The zero-order valence-electron chi connectivity index (χ0n) is 14.9. The molecule has 2 rings (SSSR count). The van der Waals surface area contributed by atoms with Crippen LogP contribution in [0, 0.1) is 5.92 Å². The van der Waals surface area contributed by atoms with E-state index in [1.165, 1.54) is 0 Å². The Labute approximate surface area is 168 Å². The smallest absolute Gasteiger partial charge is 0.435 e. The number of halogens is 3. The number of hydrogen-bond acceptors (Lipinski definition) is 4. The van der Waals surface area contributed by atoms with E-state index in [2.05, 4.69) is 6.92 Å². The van der Waals surface area contributed by atoms with Crippen molar-refractivity contribution in [3.05, 3.63) is 32.8 Å². The van der Waals surface area contributed by atoms with Gasteiger partial charge in [-0.05, 0) is 43.9 Å². The number of likely N-dealkylation sites (tertiary alicyclic amines) is 1.